The van der Waals surface area contributed by atoms with Gasteiger partial charge in [0, 0.05) is 11.6 Å². The second-order valence-electron chi connectivity index (χ2n) is 8.25. The van der Waals surface area contributed by atoms with Crippen molar-refractivity contribution in [2.75, 3.05) is 11.8 Å². The summed E-state index contributed by atoms with van der Waals surface area (Å²) in [4.78, 5) is 15.1. The third-order valence-corrected chi connectivity index (χ3v) is 7.13. The van der Waals surface area contributed by atoms with Crippen LogP contribution < -0.4 is 9.46 Å². The van der Waals surface area contributed by atoms with E-state index in [1.165, 1.54) is 0 Å². The minimum atomic E-state index is -4.38. The highest BCUT2D eigenvalue weighted by Crippen LogP contribution is 2.39. The Morgan fingerprint density at radius 1 is 1.19 bits per heavy atom. The van der Waals surface area contributed by atoms with E-state index in [0.29, 0.717) is 11.6 Å². The van der Waals surface area contributed by atoms with Crippen LogP contribution >= 0.6 is 0 Å². The number of oxazole rings is 1. The van der Waals surface area contributed by atoms with E-state index in [-0.39, 0.29) is 36.6 Å². The average molecular weight is 540 g/mol. The number of methoxy groups -OCH3 is 1. The van der Waals surface area contributed by atoms with Gasteiger partial charge >= 0.3 is 12.1 Å². The van der Waals surface area contributed by atoms with Crippen molar-refractivity contribution in [3.8, 4) is 17.2 Å². The van der Waals surface area contributed by atoms with E-state index < -0.39 is 44.5 Å². The number of nitrogens with zero attached hydrogens (tertiary/aromatic N) is 1. The van der Waals surface area contributed by atoms with Crippen molar-refractivity contribution in [3.05, 3.63) is 65.7 Å². The molecule has 2 aromatic carbocycles. The maximum Gasteiger partial charge on any atom is 0.392 e. The number of carboxylic acid groups (broad SMARTS) is 1. The zero-order valence-electron chi connectivity index (χ0n) is 19.2. The second-order valence-corrected chi connectivity index (χ2v) is 9.88. The first-order valence-electron chi connectivity index (χ1n) is 10.8. The number of rotatable bonds is 7. The molecule has 1 heterocycles. The Morgan fingerprint density at radius 3 is 2.43 bits per heavy atom. The minimum Gasteiger partial charge on any atom is -0.495 e. The normalized spacial score (nSPS) is 16.2. The lowest BCUT2D eigenvalue weighted by molar-refractivity contribution is -0.175. The fraction of sp³-hybridized carbons (Fsp3) is 0.250. The molecule has 2 N–H and O–H groups in total. The van der Waals surface area contributed by atoms with E-state index in [2.05, 4.69) is 9.71 Å². The van der Waals surface area contributed by atoms with Gasteiger partial charge in [-0.3, -0.25) is 4.72 Å². The molecule has 0 saturated carbocycles. The van der Waals surface area contributed by atoms with E-state index in [0.717, 1.165) is 30.6 Å². The molecule has 0 saturated heterocycles. The Kier molecular flexibility index (Phi) is 7.00. The molecular weight excluding hydrogens is 520 g/mol. The maximum atomic E-state index is 14.1. The quantitative estimate of drug-likeness (QED) is 0.367. The largest absolute Gasteiger partial charge is 0.495 e. The SMILES string of the molecule is COc1cc(C(=O)O)c(F)cc1NS(=O)(=O)c1coc(-c2ccc(C3=CCC(C(F)(F)F)CC3)cc2)n1. The van der Waals surface area contributed by atoms with Gasteiger partial charge in [-0.05, 0) is 48.6 Å². The summed E-state index contributed by atoms with van der Waals surface area (Å²) in [5.41, 5.74) is 0.916. The molecule has 0 radical (unpaired) electrons. The van der Waals surface area contributed by atoms with Crippen molar-refractivity contribution < 1.29 is 45.0 Å². The summed E-state index contributed by atoms with van der Waals surface area (Å²) >= 11 is 0. The first-order chi connectivity index (χ1) is 17.4. The third kappa shape index (κ3) is 5.61. The lowest BCUT2D eigenvalue weighted by Gasteiger charge is -2.24. The highest BCUT2D eigenvalue weighted by Gasteiger charge is 2.39. The molecule has 37 heavy (non-hydrogen) atoms. The molecule has 0 amide bonds. The highest BCUT2D eigenvalue weighted by molar-refractivity contribution is 7.92. The number of carboxylic acids is 1. The van der Waals surface area contributed by atoms with Crippen LogP contribution in [0.3, 0.4) is 0 Å². The number of hydrogen-bond acceptors (Lipinski definition) is 6. The molecule has 0 spiro atoms. The Bertz CT molecular complexity index is 1460. The summed E-state index contributed by atoms with van der Waals surface area (Å²) in [6.07, 6.45) is -1.54. The predicted molar refractivity (Wildman–Crippen MR) is 124 cm³/mol. The van der Waals surface area contributed by atoms with Gasteiger partial charge in [-0.2, -0.15) is 26.6 Å². The van der Waals surface area contributed by atoms with Crippen LogP contribution in [-0.4, -0.2) is 37.8 Å². The number of alkyl halides is 3. The van der Waals surface area contributed by atoms with Gasteiger partial charge in [-0.15, -0.1) is 0 Å². The number of anilines is 1. The van der Waals surface area contributed by atoms with Crippen LogP contribution in [0.1, 0.15) is 35.2 Å². The number of sulfonamides is 1. The van der Waals surface area contributed by atoms with Gasteiger partial charge in [0.2, 0.25) is 10.9 Å². The molecule has 1 aliphatic carbocycles. The van der Waals surface area contributed by atoms with Crippen LogP contribution in [-0.2, 0) is 10.0 Å². The minimum absolute atomic E-state index is 0.0127. The molecule has 0 fully saturated rings. The molecule has 13 heteroatoms. The van der Waals surface area contributed by atoms with Crippen molar-refractivity contribution in [3.63, 3.8) is 0 Å². The summed E-state index contributed by atoms with van der Waals surface area (Å²) in [6, 6.07) is 8.09. The van der Waals surface area contributed by atoms with Gasteiger partial charge in [0.1, 0.15) is 17.8 Å². The van der Waals surface area contributed by atoms with Crippen molar-refractivity contribution in [2.45, 2.75) is 30.5 Å². The fourth-order valence-corrected chi connectivity index (χ4v) is 4.83. The standard InChI is InChI=1S/C24H20F4N2O6S/c1-35-20-10-17(23(31)32)18(25)11-19(20)30-37(33,34)21-12-36-22(29-21)15-4-2-13(3-5-15)14-6-8-16(9-7-14)24(26,27)28/h2-6,10-12,16,30H,7-9H2,1H3,(H,31,32). The van der Waals surface area contributed by atoms with Crippen LogP contribution in [0.15, 0.2) is 58.2 Å². The zero-order chi connectivity index (χ0) is 27.0. The number of allylic oxidation sites excluding steroid dienone is 2. The molecule has 0 bridgehead atoms. The van der Waals surface area contributed by atoms with Crippen LogP contribution in [0.4, 0.5) is 23.2 Å². The van der Waals surface area contributed by atoms with E-state index in [1.807, 2.05) is 0 Å². The Hall–Kier alpha value is -3.87. The summed E-state index contributed by atoms with van der Waals surface area (Å²) in [6.45, 7) is 0. The van der Waals surface area contributed by atoms with Gasteiger partial charge in [0.25, 0.3) is 10.0 Å². The first kappa shape index (κ1) is 26.2. The first-order valence-corrected chi connectivity index (χ1v) is 12.3. The number of carbonyl (C=O) groups is 1. The summed E-state index contributed by atoms with van der Waals surface area (Å²) in [7, 11) is -3.22. The summed E-state index contributed by atoms with van der Waals surface area (Å²) in [5.74, 6) is -4.33. The Labute approximate surface area is 208 Å². The summed E-state index contributed by atoms with van der Waals surface area (Å²) in [5, 5.41) is 8.50. The second kappa shape index (κ2) is 9.88. The molecule has 1 atom stereocenters. The number of benzene rings is 2. The lowest BCUT2D eigenvalue weighted by atomic mass is 9.86. The van der Waals surface area contributed by atoms with Crippen molar-refractivity contribution in [1.29, 1.82) is 0 Å². The zero-order valence-corrected chi connectivity index (χ0v) is 20.0. The van der Waals surface area contributed by atoms with Gasteiger partial charge in [-0.25, -0.2) is 9.18 Å². The van der Waals surface area contributed by atoms with Crippen LogP contribution in [0.25, 0.3) is 17.0 Å². The van der Waals surface area contributed by atoms with Gasteiger partial charge < -0.3 is 14.3 Å². The highest BCUT2D eigenvalue weighted by atomic mass is 32.2. The van der Waals surface area contributed by atoms with E-state index in [9.17, 15) is 30.8 Å². The number of aromatic nitrogens is 1. The fourth-order valence-electron chi connectivity index (χ4n) is 3.90. The summed E-state index contributed by atoms with van der Waals surface area (Å²) < 4.78 is 90.7. The molecule has 196 valence electrons. The lowest BCUT2D eigenvalue weighted by Crippen LogP contribution is -2.24. The third-order valence-electron chi connectivity index (χ3n) is 5.90. The Morgan fingerprint density at radius 2 is 1.86 bits per heavy atom. The van der Waals surface area contributed by atoms with Gasteiger partial charge in [0.05, 0.1) is 24.3 Å². The van der Waals surface area contributed by atoms with Gasteiger partial charge in [0.15, 0.2) is 0 Å². The monoisotopic (exact) mass is 540 g/mol. The molecule has 1 aliphatic rings. The Balaban J connectivity index is 1.52. The molecule has 1 aromatic heterocycles. The smallest absolute Gasteiger partial charge is 0.392 e. The number of hydrogen-bond donors (Lipinski definition) is 2. The van der Waals surface area contributed by atoms with Crippen LogP contribution in [0.5, 0.6) is 5.75 Å². The molecule has 8 nitrogen and oxygen atoms in total. The van der Waals surface area contributed by atoms with E-state index in [1.54, 1.807) is 30.3 Å². The number of nitrogens with one attached hydrogen (secondary N) is 1. The molecule has 0 aliphatic heterocycles. The number of ether oxygens (including phenoxy) is 1. The maximum absolute atomic E-state index is 14.1. The van der Waals surface area contributed by atoms with Crippen molar-refractivity contribution >= 4 is 27.3 Å². The number of halogens is 4. The van der Waals surface area contributed by atoms with Crippen LogP contribution in [0.2, 0.25) is 0 Å². The topological polar surface area (TPSA) is 119 Å². The predicted octanol–water partition coefficient (Wildman–Crippen LogP) is 5.73. The number of aromatic carboxylic acids is 1. The van der Waals surface area contributed by atoms with Crippen LogP contribution in [0, 0.1) is 11.7 Å². The van der Waals surface area contributed by atoms with E-state index in [4.69, 9.17) is 14.3 Å². The van der Waals surface area contributed by atoms with Crippen molar-refractivity contribution in [1.82, 2.24) is 4.98 Å². The molecule has 1 unspecified atom stereocenters. The van der Waals surface area contributed by atoms with Gasteiger partial charge in [-0.1, -0.05) is 18.2 Å². The molecule has 4 rings (SSSR count). The average Bonchev–Trinajstić information content (AvgIpc) is 3.35. The van der Waals surface area contributed by atoms with E-state index >= 15 is 0 Å². The van der Waals surface area contributed by atoms with Crippen molar-refractivity contribution in [2.24, 2.45) is 5.92 Å². The molecular formula is C24H20F4N2O6S. The molecule has 3 aromatic rings.